The molecule has 0 amide bonds. The van der Waals surface area contributed by atoms with Gasteiger partial charge in [0.2, 0.25) is 0 Å². The van der Waals surface area contributed by atoms with Gasteiger partial charge in [-0.05, 0) is 49.0 Å². The van der Waals surface area contributed by atoms with Crippen molar-refractivity contribution in [3.8, 4) is 10.4 Å². The molecule has 0 saturated heterocycles. The maximum Gasteiger partial charge on any atom is 0.416 e. The van der Waals surface area contributed by atoms with E-state index in [1.54, 1.807) is 13.0 Å². The molecular weight excluding hydrogens is 469 g/mol. The van der Waals surface area contributed by atoms with E-state index in [1.807, 2.05) is 30.3 Å². The molecule has 0 aliphatic carbocycles. The predicted octanol–water partition coefficient (Wildman–Crippen LogP) is 7.07. The van der Waals surface area contributed by atoms with Gasteiger partial charge in [0.1, 0.15) is 5.00 Å². The van der Waals surface area contributed by atoms with Gasteiger partial charge < -0.3 is 15.4 Å². The van der Waals surface area contributed by atoms with Crippen LogP contribution >= 0.6 is 35.2 Å². The topological polar surface area (TPSA) is 50.4 Å². The van der Waals surface area contributed by atoms with Gasteiger partial charge >= 0.3 is 12.1 Å². The second-order valence-electron chi connectivity index (χ2n) is 6.21. The van der Waals surface area contributed by atoms with E-state index in [4.69, 9.17) is 28.6 Å². The molecule has 2 aromatic carbocycles. The first kappa shape index (κ1) is 23.1. The van der Waals surface area contributed by atoms with E-state index in [9.17, 15) is 18.0 Å². The van der Waals surface area contributed by atoms with Crippen LogP contribution in [-0.4, -0.2) is 17.7 Å². The van der Waals surface area contributed by atoms with Crippen LogP contribution in [0.5, 0.6) is 0 Å². The average Bonchev–Trinajstić information content (AvgIpc) is 3.13. The van der Waals surface area contributed by atoms with E-state index in [0.29, 0.717) is 5.00 Å². The molecule has 1 heterocycles. The summed E-state index contributed by atoms with van der Waals surface area (Å²) >= 11 is 12.5. The third-order valence-corrected chi connectivity index (χ3v) is 5.69. The van der Waals surface area contributed by atoms with Crippen LogP contribution in [0.4, 0.5) is 23.9 Å². The summed E-state index contributed by atoms with van der Waals surface area (Å²) in [6.45, 7) is 1.88. The molecule has 4 nitrogen and oxygen atoms in total. The van der Waals surface area contributed by atoms with E-state index in [1.165, 1.54) is 11.3 Å². The Morgan fingerprint density at radius 1 is 1.13 bits per heavy atom. The van der Waals surface area contributed by atoms with E-state index < -0.39 is 17.7 Å². The zero-order valence-corrected chi connectivity index (χ0v) is 18.4. The number of nitrogens with one attached hydrogen (secondary N) is 2. The van der Waals surface area contributed by atoms with Crippen LogP contribution in [0.25, 0.3) is 10.4 Å². The van der Waals surface area contributed by atoms with Crippen molar-refractivity contribution in [2.45, 2.75) is 13.1 Å². The first-order valence-corrected chi connectivity index (χ1v) is 10.6. The summed E-state index contributed by atoms with van der Waals surface area (Å²) in [4.78, 5) is 13.2. The molecule has 0 fully saturated rings. The van der Waals surface area contributed by atoms with Crippen LogP contribution < -0.4 is 10.6 Å². The lowest BCUT2D eigenvalue weighted by Crippen LogP contribution is -2.20. The highest BCUT2D eigenvalue weighted by Gasteiger charge is 2.31. The van der Waals surface area contributed by atoms with Crippen LogP contribution in [0.15, 0.2) is 54.6 Å². The lowest BCUT2D eigenvalue weighted by atomic mass is 10.1. The molecule has 0 spiro atoms. The Kier molecular flexibility index (Phi) is 7.19. The van der Waals surface area contributed by atoms with E-state index in [-0.39, 0.29) is 28.0 Å². The third-order valence-electron chi connectivity index (χ3n) is 4.05. The quantitative estimate of drug-likeness (QED) is 0.299. The molecule has 0 aliphatic rings. The molecule has 0 bridgehead atoms. The lowest BCUT2D eigenvalue weighted by molar-refractivity contribution is -0.137. The molecule has 0 radical (unpaired) electrons. The Hall–Kier alpha value is -2.62. The molecule has 10 heteroatoms. The number of halogens is 4. The van der Waals surface area contributed by atoms with E-state index in [0.717, 1.165) is 28.6 Å². The number of hydrogen-bond donors (Lipinski definition) is 2. The number of carbonyl (C=O) groups excluding carboxylic acids is 1. The van der Waals surface area contributed by atoms with Crippen molar-refractivity contribution in [3.05, 3.63) is 70.7 Å². The van der Waals surface area contributed by atoms with Crippen molar-refractivity contribution in [1.29, 1.82) is 0 Å². The number of carbonyl (C=O) groups is 1. The zero-order valence-electron chi connectivity index (χ0n) is 16.0. The largest absolute Gasteiger partial charge is 0.462 e. The van der Waals surface area contributed by atoms with Crippen LogP contribution in [0.3, 0.4) is 0 Å². The van der Waals surface area contributed by atoms with Gasteiger partial charge in [-0.3, -0.25) is 0 Å². The van der Waals surface area contributed by atoms with Gasteiger partial charge in [-0.15, -0.1) is 11.3 Å². The van der Waals surface area contributed by atoms with Gasteiger partial charge in [0.15, 0.2) is 5.11 Å². The first-order valence-electron chi connectivity index (χ1n) is 9.00. The highest BCUT2D eigenvalue weighted by Crippen LogP contribution is 2.37. The molecule has 0 unspecified atom stereocenters. The van der Waals surface area contributed by atoms with Gasteiger partial charge in [0, 0.05) is 4.88 Å². The average molecular weight is 485 g/mol. The maximum atomic E-state index is 13.0. The second kappa shape index (κ2) is 9.67. The van der Waals surface area contributed by atoms with Crippen molar-refractivity contribution in [2.24, 2.45) is 0 Å². The number of rotatable bonds is 5. The van der Waals surface area contributed by atoms with Gasteiger partial charge in [0.25, 0.3) is 0 Å². The van der Waals surface area contributed by atoms with Crippen LogP contribution in [0, 0.1) is 0 Å². The number of ether oxygens (including phenoxy) is 1. The molecule has 0 atom stereocenters. The SMILES string of the molecule is CCOC(=O)c1cc(-c2ccccc2)sc1NC(=S)Nc1cc(C(F)(F)F)ccc1Cl. The van der Waals surface area contributed by atoms with Crippen molar-refractivity contribution in [2.75, 3.05) is 17.2 Å². The number of hydrogen-bond acceptors (Lipinski definition) is 4. The van der Waals surface area contributed by atoms with Gasteiger partial charge in [-0.2, -0.15) is 13.2 Å². The van der Waals surface area contributed by atoms with Gasteiger partial charge in [-0.1, -0.05) is 41.9 Å². The minimum Gasteiger partial charge on any atom is -0.462 e. The Labute approximate surface area is 191 Å². The fourth-order valence-corrected chi connectivity index (χ4v) is 4.14. The monoisotopic (exact) mass is 484 g/mol. The highest BCUT2D eigenvalue weighted by atomic mass is 35.5. The van der Waals surface area contributed by atoms with Crippen molar-refractivity contribution >= 4 is 56.9 Å². The summed E-state index contributed by atoms with van der Waals surface area (Å²) in [5, 5.41) is 5.98. The summed E-state index contributed by atoms with van der Waals surface area (Å²) in [5.41, 5.74) is 0.291. The number of thiophene rings is 1. The van der Waals surface area contributed by atoms with Crippen LogP contribution in [0.1, 0.15) is 22.8 Å². The molecule has 162 valence electrons. The zero-order chi connectivity index (χ0) is 22.6. The minimum atomic E-state index is -4.52. The van der Waals surface area contributed by atoms with E-state index in [2.05, 4.69) is 10.6 Å². The fraction of sp³-hybridized carbons (Fsp3) is 0.143. The summed E-state index contributed by atoms with van der Waals surface area (Å²) in [6, 6.07) is 14.0. The summed E-state index contributed by atoms with van der Waals surface area (Å²) < 4.78 is 44.1. The lowest BCUT2D eigenvalue weighted by Gasteiger charge is -2.14. The summed E-state index contributed by atoms with van der Waals surface area (Å²) in [5.74, 6) is -0.539. The van der Waals surface area contributed by atoms with Gasteiger partial charge in [-0.25, -0.2) is 4.79 Å². The molecule has 0 saturated carbocycles. The highest BCUT2D eigenvalue weighted by molar-refractivity contribution is 7.80. The molecule has 31 heavy (non-hydrogen) atoms. The molecule has 3 rings (SSSR count). The molecule has 1 aromatic heterocycles. The van der Waals surface area contributed by atoms with E-state index >= 15 is 0 Å². The third kappa shape index (κ3) is 5.75. The van der Waals surface area contributed by atoms with Crippen molar-refractivity contribution in [1.82, 2.24) is 0 Å². The number of esters is 1. The Morgan fingerprint density at radius 3 is 2.48 bits per heavy atom. The van der Waals surface area contributed by atoms with Crippen LogP contribution in [-0.2, 0) is 10.9 Å². The van der Waals surface area contributed by atoms with Crippen molar-refractivity contribution in [3.63, 3.8) is 0 Å². The number of anilines is 2. The summed E-state index contributed by atoms with van der Waals surface area (Å²) in [7, 11) is 0. The number of thiocarbonyl (C=S) groups is 1. The Bertz CT molecular complexity index is 1100. The Balaban J connectivity index is 1.87. The minimum absolute atomic E-state index is 0.00786. The van der Waals surface area contributed by atoms with Crippen molar-refractivity contribution < 1.29 is 22.7 Å². The van der Waals surface area contributed by atoms with Crippen LogP contribution in [0.2, 0.25) is 5.02 Å². The first-order chi connectivity index (χ1) is 14.7. The predicted molar refractivity (Wildman–Crippen MR) is 122 cm³/mol. The number of alkyl halides is 3. The fourth-order valence-electron chi connectivity index (χ4n) is 2.64. The number of benzene rings is 2. The molecule has 2 N–H and O–H groups in total. The molecule has 0 aliphatic heterocycles. The second-order valence-corrected chi connectivity index (χ2v) is 8.08. The smallest absolute Gasteiger partial charge is 0.416 e. The molecular formula is C21H16ClF3N2O2S2. The van der Waals surface area contributed by atoms with Gasteiger partial charge in [0.05, 0.1) is 28.4 Å². The Morgan fingerprint density at radius 2 is 1.84 bits per heavy atom. The summed E-state index contributed by atoms with van der Waals surface area (Å²) in [6.07, 6.45) is -4.52. The normalized spacial score (nSPS) is 11.1. The molecule has 3 aromatic rings. The standard InChI is InChI=1S/C21H16ClF3N2O2S2/c1-2-29-19(28)14-11-17(12-6-4-3-5-7-12)31-18(14)27-20(30)26-16-10-13(21(23,24)25)8-9-15(16)22/h3-11H,2H2,1H3,(H2,26,27,30). The maximum absolute atomic E-state index is 13.0.